The summed E-state index contributed by atoms with van der Waals surface area (Å²) < 4.78 is 15.5. The Morgan fingerprint density at radius 3 is 3.04 bits per heavy atom. The second-order valence-corrected chi connectivity index (χ2v) is 5.40. The number of rotatable bonds is 6. The van der Waals surface area contributed by atoms with Gasteiger partial charge >= 0.3 is 5.97 Å². The van der Waals surface area contributed by atoms with E-state index < -0.39 is 12.0 Å². The molecule has 0 saturated carbocycles. The summed E-state index contributed by atoms with van der Waals surface area (Å²) in [6.45, 7) is 1.03. The molecular formula is C15H17N3O6. The average Bonchev–Trinajstić information content (AvgIpc) is 3.24. The molecule has 9 nitrogen and oxygen atoms in total. The molecule has 2 aromatic heterocycles. The van der Waals surface area contributed by atoms with Gasteiger partial charge in [-0.3, -0.25) is 9.59 Å². The molecule has 24 heavy (non-hydrogen) atoms. The second-order valence-electron chi connectivity index (χ2n) is 5.40. The van der Waals surface area contributed by atoms with Crippen LogP contribution in [-0.4, -0.2) is 57.8 Å². The van der Waals surface area contributed by atoms with Crippen molar-refractivity contribution >= 4 is 11.9 Å². The Morgan fingerprint density at radius 1 is 1.42 bits per heavy atom. The normalized spacial score (nSPS) is 17.8. The Hall–Kier alpha value is -2.68. The first kappa shape index (κ1) is 16.2. The Bertz CT molecular complexity index is 696. The Labute approximate surface area is 137 Å². The Kier molecular flexibility index (Phi) is 4.90. The number of aryl methyl sites for hydroxylation is 1. The number of aromatic nitrogens is 2. The molecule has 0 radical (unpaired) electrons. The van der Waals surface area contributed by atoms with Crippen LogP contribution in [0.5, 0.6) is 0 Å². The maximum atomic E-state index is 12.4. The third-order valence-electron chi connectivity index (χ3n) is 3.72. The molecule has 1 unspecified atom stereocenters. The molecule has 2 aromatic rings. The number of amides is 1. The summed E-state index contributed by atoms with van der Waals surface area (Å²) in [4.78, 5) is 29.0. The van der Waals surface area contributed by atoms with Crippen molar-refractivity contribution in [3.05, 3.63) is 24.3 Å². The van der Waals surface area contributed by atoms with Crippen LogP contribution in [0.3, 0.4) is 0 Å². The third-order valence-corrected chi connectivity index (χ3v) is 3.72. The van der Waals surface area contributed by atoms with E-state index in [0.29, 0.717) is 30.6 Å². The first-order chi connectivity index (χ1) is 11.6. The zero-order valence-corrected chi connectivity index (χ0v) is 12.9. The van der Waals surface area contributed by atoms with Crippen molar-refractivity contribution in [3.63, 3.8) is 0 Å². The molecule has 1 amide bonds. The molecule has 1 aliphatic heterocycles. The van der Waals surface area contributed by atoms with Crippen LogP contribution in [-0.2, 0) is 20.7 Å². The minimum atomic E-state index is -0.955. The molecule has 0 spiro atoms. The van der Waals surface area contributed by atoms with Crippen LogP contribution in [0.4, 0.5) is 0 Å². The van der Waals surface area contributed by atoms with Gasteiger partial charge in [0.1, 0.15) is 0 Å². The van der Waals surface area contributed by atoms with E-state index in [2.05, 4.69) is 10.1 Å². The van der Waals surface area contributed by atoms with E-state index in [0.717, 1.165) is 0 Å². The van der Waals surface area contributed by atoms with Crippen LogP contribution in [0.25, 0.3) is 11.6 Å². The number of furan rings is 1. The van der Waals surface area contributed by atoms with Crippen LogP contribution in [0.1, 0.15) is 18.7 Å². The van der Waals surface area contributed by atoms with Crippen molar-refractivity contribution in [1.82, 2.24) is 15.0 Å². The maximum Gasteiger partial charge on any atom is 0.305 e. The molecule has 0 bridgehead atoms. The lowest BCUT2D eigenvalue weighted by molar-refractivity contribution is -0.146. The summed E-state index contributed by atoms with van der Waals surface area (Å²) in [7, 11) is 0. The number of morpholine rings is 1. The van der Waals surface area contributed by atoms with E-state index in [-0.39, 0.29) is 31.8 Å². The van der Waals surface area contributed by atoms with Crippen molar-refractivity contribution in [2.75, 3.05) is 19.8 Å². The van der Waals surface area contributed by atoms with Crippen molar-refractivity contribution in [3.8, 4) is 11.6 Å². The zero-order valence-electron chi connectivity index (χ0n) is 12.9. The highest BCUT2D eigenvalue weighted by Crippen LogP contribution is 2.17. The topological polar surface area (TPSA) is 119 Å². The van der Waals surface area contributed by atoms with Gasteiger partial charge in [-0.25, -0.2) is 0 Å². The van der Waals surface area contributed by atoms with Gasteiger partial charge in [0.2, 0.25) is 17.6 Å². The number of carboxylic acids is 1. The lowest BCUT2D eigenvalue weighted by Gasteiger charge is -2.34. The van der Waals surface area contributed by atoms with Crippen LogP contribution < -0.4 is 0 Å². The largest absolute Gasteiger partial charge is 0.481 e. The zero-order chi connectivity index (χ0) is 16.9. The number of nitrogens with zero attached hydrogens (tertiary/aromatic N) is 3. The lowest BCUT2D eigenvalue weighted by atomic mass is 10.1. The van der Waals surface area contributed by atoms with Crippen LogP contribution in [0.15, 0.2) is 27.3 Å². The SMILES string of the molecule is O=C(O)CC1COCCN1C(=O)CCc1nc(-c2ccco2)no1. The first-order valence-electron chi connectivity index (χ1n) is 7.59. The molecule has 1 aliphatic rings. The molecule has 3 rings (SSSR count). The fourth-order valence-corrected chi connectivity index (χ4v) is 2.57. The molecule has 3 heterocycles. The molecule has 1 N–H and O–H groups in total. The minimum absolute atomic E-state index is 0.130. The summed E-state index contributed by atoms with van der Waals surface area (Å²) >= 11 is 0. The number of ether oxygens (including phenoxy) is 1. The highest BCUT2D eigenvalue weighted by molar-refractivity contribution is 5.78. The smallest absolute Gasteiger partial charge is 0.305 e. The van der Waals surface area contributed by atoms with Crippen LogP contribution in [0.2, 0.25) is 0 Å². The van der Waals surface area contributed by atoms with Gasteiger partial charge in [-0.15, -0.1) is 0 Å². The fourth-order valence-electron chi connectivity index (χ4n) is 2.57. The molecule has 1 atom stereocenters. The maximum absolute atomic E-state index is 12.4. The van der Waals surface area contributed by atoms with Crippen LogP contribution >= 0.6 is 0 Å². The highest BCUT2D eigenvalue weighted by atomic mass is 16.5. The number of carbonyl (C=O) groups excluding carboxylic acids is 1. The molecule has 0 aliphatic carbocycles. The van der Waals surface area contributed by atoms with Crippen molar-refractivity contribution in [2.45, 2.75) is 25.3 Å². The molecular weight excluding hydrogens is 318 g/mol. The quantitative estimate of drug-likeness (QED) is 0.829. The van der Waals surface area contributed by atoms with Gasteiger partial charge in [0.25, 0.3) is 0 Å². The summed E-state index contributed by atoms with van der Waals surface area (Å²) in [5.74, 6) is 0.0481. The molecule has 1 fully saturated rings. The number of hydrogen-bond acceptors (Lipinski definition) is 7. The number of aliphatic carboxylic acids is 1. The van der Waals surface area contributed by atoms with E-state index >= 15 is 0 Å². The van der Waals surface area contributed by atoms with Gasteiger partial charge in [-0.2, -0.15) is 4.98 Å². The molecule has 9 heteroatoms. The summed E-state index contributed by atoms with van der Waals surface area (Å²) in [6.07, 6.45) is 1.82. The molecule has 128 valence electrons. The van der Waals surface area contributed by atoms with E-state index in [1.807, 2.05) is 0 Å². The van der Waals surface area contributed by atoms with E-state index in [1.165, 1.54) is 6.26 Å². The average molecular weight is 335 g/mol. The van der Waals surface area contributed by atoms with Crippen molar-refractivity contribution < 1.29 is 28.4 Å². The lowest BCUT2D eigenvalue weighted by Crippen LogP contribution is -2.49. The minimum Gasteiger partial charge on any atom is -0.481 e. The van der Waals surface area contributed by atoms with Crippen molar-refractivity contribution in [2.24, 2.45) is 0 Å². The van der Waals surface area contributed by atoms with Gasteiger partial charge in [-0.05, 0) is 12.1 Å². The first-order valence-corrected chi connectivity index (χ1v) is 7.59. The monoisotopic (exact) mass is 335 g/mol. The number of hydrogen-bond donors (Lipinski definition) is 1. The number of carbonyl (C=O) groups is 2. The Balaban J connectivity index is 1.57. The Morgan fingerprint density at radius 2 is 2.29 bits per heavy atom. The summed E-state index contributed by atoms with van der Waals surface area (Å²) in [5, 5.41) is 12.7. The fraction of sp³-hybridized carbons (Fsp3) is 0.467. The van der Waals surface area contributed by atoms with Crippen molar-refractivity contribution in [1.29, 1.82) is 0 Å². The standard InChI is InChI=1S/C15H17N3O6/c19-13(18-5-7-22-9-10(18)8-14(20)21)4-3-12-16-15(17-24-12)11-2-1-6-23-11/h1-2,6,10H,3-5,7-9H2,(H,20,21). The van der Waals surface area contributed by atoms with E-state index in [4.69, 9.17) is 18.8 Å². The second kappa shape index (κ2) is 7.26. The number of carboxylic acid groups (broad SMARTS) is 1. The van der Waals surface area contributed by atoms with Gasteiger partial charge in [0.05, 0.1) is 31.9 Å². The molecule has 0 aromatic carbocycles. The van der Waals surface area contributed by atoms with Gasteiger partial charge in [0.15, 0.2) is 5.76 Å². The van der Waals surface area contributed by atoms with E-state index in [1.54, 1.807) is 17.0 Å². The van der Waals surface area contributed by atoms with Gasteiger partial charge in [-0.1, -0.05) is 5.16 Å². The summed E-state index contributed by atoms with van der Waals surface area (Å²) in [5.41, 5.74) is 0. The highest BCUT2D eigenvalue weighted by Gasteiger charge is 2.29. The predicted octanol–water partition coefficient (Wildman–Crippen LogP) is 0.964. The van der Waals surface area contributed by atoms with Gasteiger partial charge < -0.3 is 23.7 Å². The predicted molar refractivity (Wildman–Crippen MR) is 78.9 cm³/mol. The van der Waals surface area contributed by atoms with E-state index in [9.17, 15) is 9.59 Å². The molecule has 1 saturated heterocycles. The third kappa shape index (κ3) is 3.80. The summed E-state index contributed by atoms with van der Waals surface area (Å²) in [6, 6.07) is 2.99. The van der Waals surface area contributed by atoms with Gasteiger partial charge in [0, 0.05) is 19.4 Å². The van der Waals surface area contributed by atoms with Crippen LogP contribution in [0, 0.1) is 0 Å².